The van der Waals surface area contributed by atoms with Gasteiger partial charge in [0.25, 0.3) is 0 Å². The second-order valence-corrected chi connectivity index (χ2v) is 24.7. The Morgan fingerprint density at radius 2 is 0.824 bits per heavy atom. The van der Waals surface area contributed by atoms with E-state index in [4.69, 9.17) is 71.8 Å². The van der Waals surface area contributed by atoms with E-state index in [1.54, 1.807) is 91.9 Å². The van der Waals surface area contributed by atoms with Gasteiger partial charge in [0, 0.05) is 158 Å². The Hall–Kier alpha value is -9.33. The normalized spacial score (nSPS) is 18.1. The van der Waals surface area contributed by atoms with Gasteiger partial charge in [0.1, 0.15) is 5.58 Å². The quantitative estimate of drug-likeness (QED) is 0.0770. The first kappa shape index (κ1) is 52.7. The van der Waals surface area contributed by atoms with Crippen LogP contribution in [0.5, 0.6) is 0 Å². The van der Waals surface area contributed by atoms with Crippen LogP contribution < -0.4 is 0 Å². The molecule has 3 N–H and O–H groups in total. The van der Waals surface area contributed by atoms with Crippen molar-refractivity contribution in [3.63, 3.8) is 0 Å². The maximum atomic E-state index is 10.7. The van der Waals surface area contributed by atoms with Crippen LogP contribution in [0, 0.1) is 92.9 Å². The molecule has 2 aliphatic rings. The number of aryl methyl sites for hydroxylation is 10. The molecule has 0 amide bonds. The third-order valence-electron chi connectivity index (χ3n) is 16.3. The van der Waals surface area contributed by atoms with Gasteiger partial charge in [-0.15, -0.1) is 126 Å². The molecule has 14 nitrogen and oxygen atoms in total. The van der Waals surface area contributed by atoms with E-state index < -0.39 is 89.1 Å². The maximum absolute atomic E-state index is 10.7. The van der Waals surface area contributed by atoms with Crippen LogP contribution in [-0.2, 0) is 50.3 Å². The number of rotatable bonds is 7. The number of para-hydroxylation sites is 1. The van der Waals surface area contributed by atoms with Gasteiger partial charge in [-0.2, -0.15) is 21.6 Å². The van der Waals surface area contributed by atoms with E-state index in [2.05, 4.69) is 59.2 Å². The first-order valence-electron chi connectivity index (χ1n) is 47.0. The fraction of sp³-hybridized carbons (Fsp3) is 0.261. The predicted molar refractivity (Wildman–Crippen MR) is 418 cm³/mol. The van der Waals surface area contributed by atoms with E-state index in [-0.39, 0.29) is 96.4 Å². The number of aromatic nitrogens is 7. The number of nitrogens with zero attached hydrogens (tertiary/aromatic N) is 7. The molecule has 0 unspecified atom stereocenters. The SMILES string of the molecule is CO.CO.O=S(=O)(O)C(F)(F)F.[2H]C([2H])([2H])c1ccc2c(n1)oc1c(-c3cc(C4([2H])CCCC4)c(C([2H])([2H])[2H])cn3)[c-]ccc12.[2H]C([2H])([2H])c1ccc2c(n1)oc1c(-c3cc(C4([2H])CCCC4)c(C([2H])([2H])[2H])cn3)cccc12.[2H]C([2H])([2H])c1cnc(-c2[c-]cccc2)cc1C.[2H]C([2H])([2H])c1cnc(-c2[c-]cccc2)cc1C([2H])([2H])[2H].[2H]C([2H])([2H])c1cnc(-c2[c-]cccc2)cc1C([2H])([2H])[2H].[Ir].[Ir]. The zero-order valence-electron chi connectivity index (χ0n) is 86.9. The molecular formula is C88H88F3Ir2N7O7S-4. The predicted octanol–water partition coefficient (Wildman–Crippen LogP) is 21.5. The van der Waals surface area contributed by atoms with Crippen molar-refractivity contribution in [3.8, 4) is 56.3 Å². The van der Waals surface area contributed by atoms with Crippen molar-refractivity contribution in [1.82, 2.24) is 34.9 Å². The zero-order valence-corrected chi connectivity index (χ0v) is 63.5. The number of aliphatic hydroxyl groups excluding tert-OH is 2. The second kappa shape index (κ2) is 40.2. The third kappa shape index (κ3) is 22.0. The van der Waals surface area contributed by atoms with Crippen molar-refractivity contribution in [3.05, 3.63) is 280 Å². The van der Waals surface area contributed by atoms with E-state index in [1.165, 1.54) is 42.9 Å². The van der Waals surface area contributed by atoms with Crippen molar-refractivity contribution in [1.29, 1.82) is 0 Å². The number of halogens is 3. The molecule has 566 valence electrons. The van der Waals surface area contributed by atoms with Crippen LogP contribution in [0.25, 0.3) is 100 Å². The molecule has 108 heavy (non-hydrogen) atoms. The molecule has 2 fully saturated rings. The summed E-state index contributed by atoms with van der Waals surface area (Å²) in [5.74, 6) is -1.93. The molecule has 16 rings (SSSR count). The third-order valence-corrected chi connectivity index (χ3v) is 16.9. The van der Waals surface area contributed by atoms with Gasteiger partial charge in [0.2, 0.25) is 11.4 Å². The van der Waals surface area contributed by atoms with Crippen molar-refractivity contribution < 1.29 is 125 Å². The van der Waals surface area contributed by atoms with E-state index >= 15 is 0 Å². The monoisotopic (exact) mass is 1860 g/mol. The van der Waals surface area contributed by atoms with Gasteiger partial charge in [0.05, 0.1) is 11.3 Å². The van der Waals surface area contributed by atoms with E-state index in [0.29, 0.717) is 109 Å². The fourth-order valence-electron chi connectivity index (χ4n) is 11.2. The van der Waals surface area contributed by atoms with Gasteiger partial charge in [-0.25, -0.2) is 9.97 Å². The van der Waals surface area contributed by atoms with Crippen LogP contribution in [0.3, 0.4) is 0 Å². The van der Waals surface area contributed by atoms with Crippen LogP contribution in [0.1, 0.15) is 170 Å². The largest absolute Gasteiger partial charge is 0.522 e. The van der Waals surface area contributed by atoms with Crippen molar-refractivity contribution >= 4 is 54.3 Å². The molecule has 9 aromatic heterocycles. The number of hydrogen-bond donors (Lipinski definition) is 3. The molecule has 2 radical (unpaired) electrons. The Kier molecular flexibility index (Phi) is 19.6. The Bertz CT molecular complexity index is 6250. The topological polar surface area (TPSA) is 211 Å². The summed E-state index contributed by atoms with van der Waals surface area (Å²) in [7, 11) is -3.84. The standard InChI is InChI=1S/C23H22N2O.C23H21N2O.3C13H12N.CHF3O3S.2CH4O.2Ir/c2*1-14-13-24-21(12-20(14)16-6-3-4-7-16)19-9-5-8-17-18-11-10-15(2)25-23(18)26-22(17)19;3*1-10-8-13(14-9-11(10)2)12-6-4-3-5-7-12;2-1(3,4)8(5,6)7;2*1-2;;/h5,8-13,16H,3-4,6-7H2,1-2H3;5,8,10-13,16H,3-4,6-7H2,1-2H3;3*3-6,8-9H,1-2H3;(H,5,6,7);2*2H,1H3;;/q;4*-1;;;;;/i2*1D3,2D3,16D;2*1D3,2D3;2D3;;;;;. The van der Waals surface area contributed by atoms with E-state index in [9.17, 15) is 13.2 Å². The first-order chi connectivity index (χ1) is 62.6. The molecule has 9 heterocycles. The van der Waals surface area contributed by atoms with E-state index in [1.807, 2.05) is 48.5 Å². The number of furan rings is 2. The minimum absolute atomic E-state index is 0. The van der Waals surface area contributed by atoms with Crippen LogP contribution in [0.2, 0.25) is 0 Å². The molecule has 0 saturated heterocycles. The van der Waals surface area contributed by atoms with Crippen LogP contribution in [0.4, 0.5) is 13.2 Å². The number of alkyl halides is 3. The van der Waals surface area contributed by atoms with Crippen LogP contribution in [0.15, 0.2) is 198 Å². The molecule has 2 saturated carbocycles. The summed E-state index contributed by atoms with van der Waals surface area (Å²) in [6.45, 7) is -19.8. The Morgan fingerprint density at radius 3 is 1.23 bits per heavy atom. The van der Waals surface area contributed by atoms with Gasteiger partial charge in [-0.3, -0.25) is 9.54 Å². The Balaban J connectivity index is 0.000000231. The average Bonchev–Trinajstić information content (AvgIpc) is 1.62. The smallest absolute Gasteiger partial charge is 0.486 e. The Morgan fingerprint density at radius 1 is 0.435 bits per heavy atom. The summed E-state index contributed by atoms with van der Waals surface area (Å²) < 4.78 is 292. The summed E-state index contributed by atoms with van der Waals surface area (Å²) in [6.07, 6.45) is 12.3. The van der Waals surface area contributed by atoms with Crippen molar-refractivity contribution in [2.75, 3.05) is 14.2 Å². The minimum atomic E-state index is -5.84. The van der Waals surface area contributed by atoms with Crippen LogP contribution in [-0.4, -0.2) is 77.8 Å². The van der Waals surface area contributed by atoms with Gasteiger partial charge in [0.15, 0.2) is 0 Å². The number of pyridine rings is 7. The summed E-state index contributed by atoms with van der Waals surface area (Å²) in [5, 5.41) is 16.8. The van der Waals surface area contributed by atoms with Gasteiger partial charge < -0.3 is 39.0 Å². The van der Waals surface area contributed by atoms with Crippen molar-refractivity contribution in [2.45, 2.75) is 137 Å². The molecule has 0 bridgehead atoms. The molecule has 0 spiro atoms. The Labute approximate surface area is 699 Å². The average molecular weight is 1860 g/mol. The summed E-state index contributed by atoms with van der Waals surface area (Å²) in [5.41, 5.74) is 2.81. The number of hydrogen-bond acceptors (Lipinski definition) is 13. The molecule has 20 heteroatoms. The van der Waals surface area contributed by atoms with Crippen LogP contribution >= 0.6 is 0 Å². The van der Waals surface area contributed by atoms with Crippen molar-refractivity contribution in [2.24, 2.45) is 0 Å². The fourth-order valence-corrected chi connectivity index (χ4v) is 11.2. The van der Waals surface area contributed by atoms with Gasteiger partial charge >= 0.3 is 15.6 Å². The van der Waals surface area contributed by atoms with Gasteiger partial charge in [-0.05, 0) is 204 Å². The number of aliphatic hydroxyl groups is 2. The minimum Gasteiger partial charge on any atom is -0.486 e. The molecule has 14 aromatic rings. The second-order valence-electron chi connectivity index (χ2n) is 23.3. The molecular weight excluding hydrogens is 1740 g/mol. The summed E-state index contributed by atoms with van der Waals surface area (Å²) in [6, 6.07) is 56.7. The number of fused-ring (bicyclic) bond motifs is 6. The zero-order chi connectivity index (χ0) is 101. The first-order valence-corrected chi connectivity index (χ1v) is 33.9. The molecule has 2 aliphatic carbocycles. The summed E-state index contributed by atoms with van der Waals surface area (Å²) >= 11 is 0. The number of benzene rings is 5. The molecule has 0 atom stereocenters. The molecule has 0 aliphatic heterocycles. The molecule has 5 aromatic carbocycles. The maximum Gasteiger partial charge on any atom is 0.522 e. The van der Waals surface area contributed by atoms with Gasteiger partial charge in [-0.1, -0.05) is 89.7 Å². The summed E-state index contributed by atoms with van der Waals surface area (Å²) in [4.78, 5) is 29.5. The van der Waals surface area contributed by atoms with E-state index in [0.717, 1.165) is 79.9 Å².